The first-order chi connectivity index (χ1) is 11.3. The van der Waals surface area contributed by atoms with Gasteiger partial charge in [-0.1, -0.05) is 0 Å². The van der Waals surface area contributed by atoms with Crippen LogP contribution >= 0.6 is 0 Å². The van der Waals surface area contributed by atoms with Gasteiger partial charge in [0, 0.05) is 32.8 Å². The molecule has 1 rings (SSSR count). The number of amides is 3. The standard InChI is InChI=1S/C14H21N5O5/c1-17(2)13(20)16-18(10-4-3-9-15)14(21)24-12-7-5-11(6-8-12)19(22)23/h5-8H,3-4,9-10,15H2,1-2H3,(H,16,20). The predicted octanol–water partition coefficient (Wildman–Crippen LogP) is 1.32. The molecule has 1 aromatic carbocycles. The van der Waals surface area contributed by atoms with Crippen molar-refractivity contribution in [1.82, 2.24) is 15.3 Å². The van der Waals surface area contributed by atoms with Crippen LogP contribution in [0.5, 0.6) is 5.75 Å². The van der Waals surface area contributed by atoms with Crippen molar-refractivity contribution in [2.75, 3.05) is 27.2 Å². The van der Waals surface area contributed by atoms with Gasteiger partial charge in [0.05, 0.1) is 4.92 Å². The number of non-ortho nitro benzene ring substituents is 1. The molecule has 0 heterocycles. The highest BCUT2D eigenvalue weighted by atomic mass is 16.6. The molecule has 0 aliphatic carbocycles. The summed E-state index contributed by atoms with van der Waals surface area (Å²) in [4.78, 5) is 35.2. The molecule has 132 valence electrons. The molecular formula is C14H21N5O5. The van der Waals surface area contributed by atoms with Gasteiger partial charge in [0.25, 0.3) is 5.69 Å². The van der Waals surface area contributed by atoms with Gasteiger partial charge in [-0.05, 0) is 31.5 Å². The van der Waals surface area contributed by atoms with E-state index in [2.05, 4.69) is 5.43 Å². The maximum Gasteiger partial charge on any atom is 0.434 e. The quantitative estimate of drug-likeness (QED) is 0.456. The first kappa shape index (κ1) is 19.2. The average Bonchev–Trinajstić information content (AvgIpc) is 2.54. The number of carbonyl (C=O) groups excluding carboxylic acids is 2. The smallest absolute Gasteiger partial charge is 0.409 e. The van der Waals surface area contributed by atoms with Crippen LogP contribution in [0.4, 0.5) is 15.3 Å². The number of nitrogens with zero attached hydrogens (tertiary/aromatic N) is 3. The van der Waals surface area contributed by atoms with Crippen LogP contribution in [0.2, 0.25) is 0 Å². The van der Waals surface area contributed by atoms with Crippen molar-refractivity contribution >= 4 is 17.8 Å². The fourth-order valence-corrected chi connectivity index (χ4v) is 1.61. The van der Waals surface area contributed by atoms with Crippen molar-refractivity contribution in [3.63, 3.8) is 0 Å². The third-order valence-electron chi connectivity index (χ3n) is 2.95. The molecule has 0 atom stereocenters. The highest BCUT2D eigenvalue weighted by Gasteiger charge is 2.19. The summed E-state index contributed by atoms with van der Waals surface area (Å²) in [6.45, 7) is 0.690. The number of rotatable bonds is 6. The SMILES string of the molecule is CN(C)C(=O)NN(CCCCN)C(=O)Oc1ccc([N+](=O)[O-])cc1. The Balaban J connectivity index is 2.74. The Bertz CT molecular complexity index is 575. The van der Waals surface area contributed by atoms with E-state index in [1.54, 1.807) is 0 Å². The van der Waals surface area contributed by atoms with E-state index in [0.29, 0.717) is 19.4 Å². The number of hydrazine groups is 1. The van der Waals surface area contributed by atoms with Crippen molar-refractivity contribution in [3.8, 4) is 5.75 Å². The highest BCUT2D eigenvalue weighted by Crippen LogP contribution is 2.17. The molecule has 24 heavy (non-hydrogen) atoms. The number of nitro groups is 1. The Kier molecular flexibility index (Phi) is 7.43. The normalized spacial score (nSPS) is 9.96. The number of urea groups is 1. The molecule has 0 fully saturated rings. The summed E-state index contributed by atoms with van der Waals surface area (Å²) in [5, 5.41) is 11.6. The second-order valence-electron chi connectivity index (χ2n) is 5.08. The van der Waals surface area contributed by atoms with Crippen LogP contribution in [-0.2, 0) is 0 Å². The molecule has 3 amide bonds. The van der Waals surface area contributed by atoms with E-state index in [4.69, 9.17) is 10.5 Å². The Morgan fingerprint density at radius 1 is 1.25 bits per heavy atom. The first-order valence-electron chi connectivity index (χ1n) is 7.27. The van der Waals surface area contributed by atoms with Gasteiger partial charge in [-0.25, -0.2) is 20.0 Å². The van der Waals surface area contributed by atoms with Crippen molar-refractivity contribution in [3.05, 3.63) is 34.4 Å². The molecule has 0 saturated carbocycles. The van der Waals surface area contributed by atoms with Crippen LogP contribution in [0.25, 0.3) is 0 Å². The maximum atomic E-state index is 12.2. The third-order valence-corrected chi connectivity index (χ3v) is 2.95. The minimum atomic E-state index is -0.795. The monoisotopic (exact) mass is 339 g/mol. The van der Waals surface area contributed by atoms with E-state index >= 15 is 0 Å². The Morgan fingerprint density at radius 2 is 1.88 bits per heavy atom. The van der Waals surface area contributed by atoms with Crippen molar-refractivity contribution < 1.29 is 19.2 Å². The van der Waals surface area contributed by atoms with Crippen LogP contribution in [-0.4, -0.2) is 54.1 Å². The number of ether oxygens (including phenoxy) is 1. The number of hydrogen-bond donors (Lipinski definition) is 2. The van der Waals surface area contributed by atoms with Gasteiger partial charge in [0.2, 0.25) is 0 Å². The maximum absolute atomic E-state index is 12.2. The minimum absolute atomic E-state index is 0.115. The molecule has 0 bridgehead atoms. The molecule has 0 unspecified atom stereocenters. The van der Waals surface area contributed by atoms with Gasteiger partial charge in [-0.3, -0.25) is 10.1 Å². The zero-order chi connectivity index (χ0) is 18.1. The van der Waals surface area contributed by atoms with Gasteiger partial charge in [0.15, 0.2) is 0 Å². The number of nitrogens with one attached hydrogen (secondary N) is 1. The minimum Gasteiger partial charge on any atom is -0.409 e. The van der Waals surface area contributed by atoms with E-state index in [1.165, 1.54) is 43.3 Å². The van der Waals surface area contributed by atoms with Crippen molar-refractivity contribution in [1.29, 1.82) is 0 Å². The van der Waals surface area contributed by atoms with E-state index in [-0.39, 0.29) is 18.0 Å². The number of carbonyl (C=O) groups is 2. The lowest BCUT2D eigenvalue weighted by molar-refractivity contribution is -0.384. The topological polar surface area (TPSA) is 131 Å². The third kappa shape index (κ3) is 6.08. The van der Waals surface area contributed by atoms with E-state index in [9.17, 15) is 19.7 Å². The number of hydrogen-bond acceptors (Lipinski definition) is 6. The first-order valence-corrected chi connectivity index (χ1v) is 7.27. The lowest BCUT2D eigenvalue weighted by atomic mass is 10.3. The van der Waals surface area contributed by atoms with Crippen LogP contribution < -0.4 is 15.9 Å². The summed E-state index contributed by atoms with van der Waals surface area (Å²) in [7, 11) is 3.07. The van der Waals surface area contributed by atoms with Crippen LogP contribution in [0.1, 0.15) is 12.8 Å². The van der Waals surface area contributed by atoms with E-state index < -0.39 is 17.0 Å². The van der Waals surface area contributed by atoms with Gasteiger partial charge in [-0.15, -0.1) is 0 Å². The zero-order valence-electron chi connectivity index (χ0n) is 13.6. The molecule has 0 saturated heterocycles. The van der Waals surface area contributed by atoms with Gasteiger partial charge >= 0.3 is 12.1 Å². The molecule has 0 aliphatic heterocycles. The van der Waals surface area contributed by atoms with E-state index in [1.807, 2.05) is 0 Å². The van der Waals surface area contributed by atoms with Crippen LogP contribution in [0, 0.1) is 10.1 Å². The highest BCUT2D eigenvalue weighted by molar-refractivity contribution is 5.78. The van der Waals surface area contributed by atoms with Crippen LogP contribution in [0.3, 0.4) is 0 Å². The van der Waals surface area contributed by atoms with Crippen LogP contribution in [0.15, 0.2) is 24.3 Å². The number of benzene rings is 1. The molecule has 0 radical (unpaired) electrons. The zero-order valence-corrected chi connectivity index (χ0v) is 13.6. The summed E-state index contributed by atoms with van der Waals surface area (Å²) in [6.07, 6.45) is 0.467. The van der Waals surface area contributed by atoms with Gasteiger partial charge < -0.3 is 15.4 Å². The number of unbranched alkanes of at least 4 members (excludes halogenated alkanes) is 1. The molecule has 10 nitrogen and oxygen atoms in total. The molecule has 0 spiro atoms. The second-order valence-corrected chi connectivity index (χ2v) is 5.08. The van der Waals surface area contributed by atoms with Gasteiger partial charge in [0.1, 0.15) is 5.75 Å². The molecule has 0 aromatic heterocycles. The van der Waals surface area contributed by atoms with Gasteiger partial charge in [-0.2, -0.15) is 0 Å². The van der Waals surface area contributed by atoms with E-state index in [0.717, 1.165) is 5.01 Å². The Morgan fingerprint density at radius 3 is 2.38 bits per heavy atom. The Labute approximate surface area is 139 Å². The summed E-state index contributed by atoms with van der Waals surface area (Å²) in [6, 6.07) is 4.58. The fraction of sp³-hybridized carbons (Fsp3) is 0.429. The lowest BCUT2D eigenvalue weighted by Crippen LogP contribution is -2.51. The largest absolute Gasteiger partial charge is 0.434 e. The number of nitrogens with two attached hydrogens (primary N) is 1. The predicted molar refractivity (Wildman–Crippen MR) is 86.3 cm³/mol. The molecule has 3 N–H and O–H groups in total. The summed E-state index contributed by atoms with van der Waals surface area (Å²) in [5.74, 6) is 0.133. The molecule has 10 heteroatoms. The Hall–Kier alpha value is -2.88. The molecule has 1 aromatic rings. The van der Waals surface area contributed by atoms with Crippen molar-refractivity contribution in [2.24, 2.45) is 5.73 Å². The van der Waals surface area contributed by atoms with Crippen molar-refractivity contribution in [2.45, 2.75) is 12.8 Å². The summed E-state index contributed by atoms with van der Waals surface area (Å²) < 4.78 is 5.12. The number of nitro benzene ring substituents is 1. The molecule has 0 aliphatic rings. The fourth-order valence-electron chi connectivity index (χ4n) is 1.61. The lowest BCUT2D eigenvalue weighted by Gasteiger charge is -2.24. The average molecular weight is 339 g/mol. The summed E-state index contributed by atoms with van der Waals surface area (Å²) >= 11 is 0. The molecular weight excluding hydrogens is 318 g/mol. The second kappa shape index (κ2) is 9.30. The summed E-state index contributed by atoms with van der Waals surface area (Å²) in [5.41, 5.74) is 7.72.